The summed E-state index contributed by atoms with van der Waals surface area (Å²) >= 11 is 0. The Bertz CT molecular complexity index is 284. The Morgan fingerprint density at radius 1 is 1.46 bits per heavy atom. The molecule has 0 aliphatic heterocycles. The fourth-order valence-electron chi connectivity index (χ4n) is 3.26. The largest absolute Gasteiger partial charge is 0.198 e. The maximum atomic E-state index is 9.25. The highest BCUT2D eigenvalue weighted by molar-refractivity contribution is 5.22. The van der Waals surface area contributed by atoms with E-state index in [1.165, 1.54) is 6.42 Å². The summed E-state index contributed by atoms with van der Waals surface area (Å²) in [6.45, 7) is 4.51. The predicted molar refractivity (Wildman–Crippen MR) is 52.9 cm³/mol. The number of fused-ring (bicyclic) bond motifs is 2. The molecule has 2 aliphatic rings. The minimum Gasteiger partial charge on any atom is -0.198 e. The number of hydrogen-bond acceptors (Lipinski definition) is 1. The third-order valence-corrected chi connectivity index (χ3v) is 3.39. The molecule has 0 saturated heterocycles. The van der Waals surface area contributed by atoms with Crippen LogP contribution < -0.4 is 0 Å². The summed E-state index contributed by atoms with van der Waals surface area (Å²) in [6, 6.07) is 2.57. The predicted octanol–water partition coefficient (Wildman–Crippen LogP) is 3.28. The molecule has 3 atom stereocenters. The third-order valence-electron chi connectivity index (χ3n) is 3.39. The van der Waals surface area contributed by atoms with Crippen LogP contribution in [0.3, 0.4) is 0 Å². The van der Waals surface area contributed by atoms with Gasteiger partial charge in [0.05, 0.1) is 11.5 Å². The Labute approximate surface area is 80.4 Å². The second kappa shape index (κ2) is 2.87. The Balaban J connectivity index is 2.31. The first-order valence-electron chi connectivity index (χ1n) is 5.24. The van der Waals surface area contributed by atoms with E-state index in [0.29, 0.717) is 11.8 Å². The lowest BCUT2D eigenvalue weighted by molar-refractivity contribution is 0.203. The molecule has 1 heteroatoms. The molecule has 13 heavy (non-hydrogen) atoms. The molecule has 2 rings (SSSR count). The van der Waals surface area contributed by atoms with Crippen LogP contribution in [0.2, 0.25) is 0 Å². The standard InChI is InChI=1S/C12H17N/c1-9-3-11-4-10(2)6-12(5-9,7-11)8-13/h3,9-10H,4-7H2,1-2H3. The van der Waals surface area contributed by atoms with Gasteiger partial charge in [-0.15, -0.1) is 0 Å². The highest BCUT2D eigenvalue weighted by Crippen LogP contribution is 2.49. The fraction of sp³-hybridized carbons (Fsp3) is 0.750. The van der Waals surface area contributed by atoms with Crippen molar-refractivity contribution >= 4 is 0 Å². The minimum absolute atomic E-state index is 0.00116. The van der Waals surface area contributed by atoms with Crippen LogP contribution >= 0.6 is 0 Å². The molecule has 0 radical (unpaired) electrons. The van der Waals surface area contributed by atoms with Gasteiger partial charge < -0.3 is 0 Å². The first kappa shape index (κ1) is 8.81. The SMILES string of the molecule is CC1C=C2CC(C)CC(C#N)(C2)C1. The van der Waals surface area contributed by atoms with Crippen molar-refractivity contribution in [3.8, 4) is 6.07 Å². The third kappa shape index (κ3) is 1.50. The van der Waals surface area contributed by atoms with Gasteiger partial charge in [0.2, 0.25) is 0 Å². The number of rotatable bonds is 0. The topological polar surface area (TPSA) is 23.8 Å². The quantitative estimate of drug-likeness (QED) is 0.518. The summed E-state index contributed by atoms with van der Waals surface area (Å²) in [5.74, 6) is 1.34. The second-order valence-corrected chi connectivity index (χ2v) is 5.09. The van der Waals surface area contributed by atoms with Crippen molar-refractivity contribution in [2.45, 2.75) is 39.5 Å². The number of allylic oxidation sites excluding steroid dienone is 2. The normalized spacial score (nSPS) is 43.6. The molecule has 1 nitrogen and oxygen atoms in total. The van der Waals surface area contributed by atoms with E-state index in [1.807, 2.05) is 0 Å². The van der Waals surface area contributed by atoms with E-state index in [9.17, 15) is 5.26 Å². The van der Waals surface area contributed by atoms with Gasteiger partial charge in [0.15, 0.2) is 0 Å². The molecule has 1 saturated carbocycles. The monoisotopic (exact) mass is 175 g/mol. The molecule has 1 fully saturated rings. The van der Waals surface area contributed by atoms with Crippen LogP contribution in [0.1, 0.15) is 39.5 Å². The molecule has 70 valence electrons. The van der Waals surface area contributed by atoms with Gasteiger partial charge in [0.1, 0.15) is 0 Å². The zero-order valence-corrected chi connectivity index (χ0v) is 8.51. The van der Waals surface area contributed by atoms with E-state index in [4.69, 9.17) is 0 Å². The summed E-state index contributed by atoms with van der Waals surface area (Å²) in [5, 5.41) is 9.25. The van der Waals surface area contributed by atoms with Gasteiger partial charge >= 0.3 is 0 Å². The van der Waals surface area contributed by atoms with Gasteiger partial charge in [-0.05, 0) is 37.5 Å². The molecule has 0 heterocycles. The van der Waals surface area contributed by atoms with Gasteiger partial charge in [-0.3, -0.25) is 0 Å². The fourth-order valence-corrected chi connectivity index (χ4v) is 3.26. The lowest BCUT2D eigenvalue weighted by atomic mass is 9.62. The van der Waals surface area contributed by atoms with Crippen LogP contribution in [-0.2, 0) is 0 Å². The Hall–Kier alpha value is -0.770. The number of nitrogens with zero attached hydrogens (tertiary/aromatic N) is 1. The van der Waals surface area contributed by atoms with E-state index < -0.39 is 0 Å². The zero-order chi connectivity index (χ0) is 9.47. The second-order valence-electron chi connectivity index (χ2n) is 5.09. The van der Waals surface area contributed by atoms with Crippen LogP contribution in [0.25, 0.3) is 0 Å². The van der Waals surface area contributed by atoms with Crippen molar-refractivity contribution in [2.75, 3.05) is 0 Å². The van der Waals surface area contributed by atoms with Gasteiger partial charge in [-0.1, -0.05) is 25.5 Å². The molecular weight excluding hydrogens is 158 g/mol. The highest BCUT2D eigenvalue weighted by atomic mass is 14.5. The molecule has 0 amide bonds. The van der Waals surface area contributed by atoms with E-state index in [1.54, 1.807) is 5.57 Å². The smallest absolute Gasteiger partial charge is 0.0693 e. The maximum Gasteiger partial charge on any atom is 0.0693 e. The lowest BCUT2D eigenvalue weighted by Crippen LogP contribution is -2.32. The Morgan fingerprint density at radius 3 is 2.92 bits per heavy atom. The highest BCUT2D eigenvalue weighted by Gasteiger charge is 2.40. The van der Waals surface area contributed by atoms with Gasteiger partial charge in [-0.2, -0.15) is 5.26 Å². The molecule has 0 aromatic carbocycles. The van der Waals surface area contributed by atoms with Gasteiger partial charge in [-0.25, -0.2) is 0 Å². The lowest BCUT2D eigenvalue weighted by Gasteiger charge is -2.41. The summed E-state index contributed by atoms with van der Waals surface area (Å²) in [7, 11) is 0. The van der Waals surface area contributed by atoms with E-state index in [0.717, 1.165) is 19.3 Å². The average molecular weight is 175 g/mol. The van der Waals surface area contributed by atoms with Crippen molar-refractivity contribution in [1.29, 1.82) is 5.26 Å². The summed E-state index contributed by atoms with van der Waals surface area (Å²) in [4.78, 5) is 0. The van der Waals surface area contributed by atoms with Crippen molar-refractivity contribution in [2.24, 2.45) is 17.3 Å². The molecule has 2 bridgehead atoms. The van der Waals surface area contributed by atoms with Crippen molar-refractivity contribution in [3.05, 3.63) is 11.6 Å². The van der Waals surface area contributed by atoms with E-state index >= 15 is 0 Å². The van der Waals surface area contributed by atoms with Crippen LogP contribution in [0.15, 0.2) is 11.6 Å². The van der Waals surface area contributed by atoms with Crippen molar-refractivity contribution in [1.82, 2.24) is 0 Å². The van der Waals surface area contributed by atoms with Gasteiger partial charge in [0, 0.05) is 0 Å². The zero-order valence-electron chi connectivity index (χ0n) is 8.51. The van der Waals surface area contributed by atoms with Crippen LogP contribution in [0.4, 0.5) is 0 Å². The van der Waals surface area contributed by atoms with Crippen LogP contribution in [0.5, 0.6) is 0 Å². The van der Waals surface area contributed by atoms with Gasteiger partial charge in [0.25, 0.3) is 0 Å². The molecule has 0 spiro atoms. The molecule has 0 N–H and O–H groups in total. The summed E-state index contributed by atoms with van der Waals surface area (Å²) < 4.78 is 0. The first-order valence-corrected chi connectivity index (χ1v) is 5.24. The average Bonchev–Trinajstić information content (AvgIpc) is 2.01. The van der Waals surface area contributed by atoms with Crippen LogP contribution in [0, 0.1) is 28.6 Å². The first-order chi connectivity index (χ1) is 6.13. The van der Waals surface area contributed by atoms with Crippen LogP contribution in [-0.4, -0.2) is 0 Å². The number of hydrogen-bond donors (Lipinski definition) is 0. The Kier molecular flexibility index (Phi) is 1.95. The molecule has 0 aromatic heterocycles. The van der Waals surface area contributed by atoms with E-state index in [2.05, 4.69) is 26.0 Å². The molecule has 3 unspecified atom stereocenters. The van der Waals surface area contributed by atoms with Crippen molar-refractivity contribution < 1.29 is 0 Å². The van der Waals surface area contributed by atoms with E-state index in [-0.39, 0.29) is 5.41 Å². The summed E-state index contributed by atoms with van der Waals surface area (Å²) in [6.07, 6.45) is 6.87. The molecule has 0 aromatic rings. The Morgan fingerprint density at radius 2 is 2.23 bits per heavy atom. The molecular formula is C12H17N. The summed E-state index contributed by atoms with van der Waals surface area (Å²) in [5.41, 5.74) is 1.54. The maximum absolute atomic E-state index is 9.25. The van der Waals surface area contributed by atoms with Crippen molar-refractivity contribution in [3.63, 3.8) is 0 Å². The molecule has 2 aliphatic carbocycles. The minimum atomic E-state index is 0.00116. The number of nitriles is 1.